The minimum atomic E-state index is 0.713. The molecular weight excluding hydrogens is 320 g/mol. The minimum Gasteiger partial charge on any atom is -0.356 e. The molecule has 3 rings (SSSR count). The Kier molecular flexibility index (Phi) is 5.56. The molecule has 1 aliphatic heterocycles. The van der Waals surface area contributed by atoms with Crippen molar-refractivity contribution in [3.05, 3.63) is 46.6 Å². The van der Waals surface area contributed by atoms with E-state index < -0.39 is 0 Å². The molecule has 1 aromatic heterocycles. The maximum atomic E-state index is 6.03. The number of hydrogen-bond acceptors (Lipinski definition) is 4. The second kappa shape index (κ2) is 7.84. The summed E-state index contributed by atoms with van der Waals surface area (Å²) in [5, 5.41) is 4.13. The van der Waals surface area contributed by atoms with Gasteiger partial charge in [0.05, 0.1) is 0 Å². The molecule has 2 heterocycles. The van der Waals surface area contributed by atoms with E-state index in [1.54, 1.807) is 0 Å². The Morgan fingerprint density at radius 1 is 1.29 bits per heavy atom. The Hall–Kier alpha value is -1.81. The van der Waals surface area contributed by atoms with E-state index in [1.807, 2.05) is 25.1 Å². The maximum absolute atomic E-state index is 6.03. The van der Waals surface area contributed by atoms with Crippen LogP contribution in [0.5, 0.6) is 0 Å². The van der Waals surface area contributed by atoms with Gasteiger partial charge in [0, 0.05) is 36.4 Å². The molecule has 0 spiro atoms. The van der Waals surface area contributed by atoms with Crippen LogP contribution in [0.4, 0.5) is 11.8 Å². The zero-order chi connectivity index (χ0) is 16.9. The van der Waals surface area contributed by atoms with E-state index in [9.17, 15) is 0 Å². The normalized spacial score (nSPS) is 17.8. The van der Waals surface area contributed by atoms with Gasteiger partial charge in [-0.15, -0.1) is 0 Å². The molecule has 1 saturated heterocycles. The Balaban J connectivity index is 1.63. The molecule has 128 valence electrons. The van der Waals surface area contributed by atoms with Gasteiger partial charge >= 0.3 is 0 Å². The quantitative estimate of drug-likeness (QED) is 0.876. The van der Waals surface area contributed by atoms with Crippen molar-refractivity contribution >= 4 is 23.4 Å². The molecular formula is C19H25ClN4. The lowest BCUT2D eigenvalue weighted by Crippen LogP contribution is -2.35. The third-order valence-electron chi connectivity index (χ3n) is 4.41. The third-order valence-corrected chi connectivity index (χ3v) is 4.64. The first-order chi connectivity index (χ1) is 11.6. The number of anilines is 2. The van der Waals surface area contributed by atoms with Crippen molar-refractivity contribution in [2.24, 2.45) is 5.92 Å². The first-order valence-corrected chi connectivity index (χ1v) is 9.07. The van der Waals surface area contributed by atoms with Gasteiger partial charge in [-0.3, -0.25) is 0 Å². The molecule has 0 amide bonds. The first-order valence-electron chi connectivity index (χ1n) is 8.69. The number of benzene rings is 1. The first kappa shape index (κ1) is 17.0. The van der Waals surface area contributed by atoms with Gasteiger partial charge in [0.25, 0.3) is 0 Å². The summed E-state index contributed by atoms with van der Waals surface area (Å²) in [6, 6.07) is 10.1. The van der Waals surface area contributed by atoms with Crippen LogP contribution in [0.15, 0.2) is 30.3 Å². The van der Waals surface area contributed by atoms with Gasteiger partial charge in [-0.25, -0.2) is 4.98 Å². The van der Waals surface area contributed by atoms with E-state index in [4.69, 9.17) is 16.6 Å². The lowest BCUT2D eigenvalue weighted by atomic mass is 10.0. The highest BCUT2D eigenvalue weighted by molar-refractivity contribution is 6.30. The number of hydrogen-bond donors (Lipinski definition) is 1. The summed E-state index contributed by atoms with van der Waals surface area (Å²) in [6.45, 7) is 7.30. The molecule has 0 bridgehead atoms. The van der Waals surface area contributed by atoms with E-state index in [2.05, 4.69) is 34.3 Å². The molecule has 5 heteroatoms. The maximum Gasteiger partial charge on any atom is 0.224 e. The summed E-state index contributed by atoms with van der Waals surface area (Å²) in [5.41, 5.74) is 2.22. The van der Waals surface area contributed by atoms with Gasteiger partial charge in [-0.1, -0.05) is 30.7 Å². The summed E-state index contributed by atoms with van der Waals surface area (Å²) >= 11 is 6.03. The summed E-state index contributed by atoms with van der Waals surface area (Å²) < 4.78 is 0. The van der Waals surface area contributed by atoms with E-state index in [0.717, 1.165) is 48.5 Å². The van der Waals surface area contributed by atoms with E-state index in [0.29, 0.717) is 5.95 Å². The van der Waals surface area contributed by atoms with Gasteiger partial charge in [0.1, 0.15) is 5.82 Å². The predicted molar refractivity (Wildman–Crippen MR) is 101 cm³/mol. The van der Waals surface area contributed by atoms with Crippen LogP contribution in [0.2, 0.25) is 5.02 Å². The third kappa shape index (κ3) is 4.60. The van der Waals surface area contributed by atoms with Crippen molar-refractivity contribution in [1.29, 1.82) is 0 Å². The minimum absolute atomic E-state index is 0.713. The molecule has 1 N–H and O–H groups in total. The zero-order valence-electron chi connectivity index (χ0n) is 14.4. The highest BCUT2D eigenvalue weighted by Crippen LogP contribution is 2.22. The van der Waals surface area contributed by atoms with E-state index in [1.165, 1.54) is 18.4 Å². The van der Waals surface area contributed by atoms with Crippen molar-refractivity contribution in [1.82, 2.24) is 9.97 Å². The lowest BCUT2D eigenvalue weighted by molar-refractivity contribution is 0.444. The Morgan fingerprint density at radius 2 is 2.17 bits per heavy atom. The molecule has 1 fully saturated rings. The molecule has 0 saturated carbocycles. The Morgan fingerprint density at radius 3 is 2.96 bits per heavy atom. The largest absolute Gasteiger partial charge is 0.356 e. The number of piperidine rings is 1. The smallest absolute Gasteiger partial charge is 0.224 e. The highest BCUT2D eigenvalue weighted by Gasteiger charge is 2.18. The molecule has 1 aromatic carbocycles. The van der Waals surface area contributed by atoms with Gasteiger partial charge < -0.3 is 10.2 Å². The van der Waals surface area contributed by atoms with Gasteiger partial charge in [-0.2, -0.15) is 4.98 Å². The average molecular weight is 345 g/mol. The molecule has 4 nitrogen and oxygen atoms in total. The van der Waals surface area contributed by atoms with Crippen molar-refractivity contribution < 1.29 is 0 Å². The number of nitrogens with zero attached hydrogens (tertiary/aromatic N) is 3. The predicted octanol–water partition coefficient (Wildman–Crippen LogP) is 4.33. The van der Waals surface area contributed by atoms with Crippen LogP contribution < -0.4 is 10.2 Å². The number of halogens is 1. The fraction of sp³-hybridized carbons (Fsp3) is 0.474. The van der Waals surface area contributed by atoms with Crippen molar-refractivity contribution in [2.75, 3.05) is 29.9 Å². The fourth-order valence-electron chi connectivity index (χ4n) is 3.20. The van der Waals surface area contributed by atoms with Crippen LogP contribution in [-0.2, 0) is 6.42 Å². The number of nitrogens with one attached hydrogen (secondary N) is 1. The summed E-state index contributed by atoms with van der Waals surface area (Å²) in [4.78, 5) is 11.6. The highest BCUT2D eigenvalue weighted by atomic mass is 35.5. The molecule has 1 unspecified atom stereocenters. The zero-order valence-corrected chi connectivity index (χ0v) is 15.2. The summed E-state index contributed by atoms with van der Waals surface area (Å²) in [5.74, 6) is 2.48. The van der Waals surface area contributed by atoms with Gasteiger partial charge in [-0.05, 0) is 49.8 Å². The van der Waals surface area contributed by atoms with E-state index in [-0.39, 0.29) is 0 Å². The number of aryl methyl sites for hydroxylation is 1. The molecule has 24 heavy (non-hydrogen) atoms. The molecule has 0 aliphatic carbocycles. The number of aromatic nitrogens is 2. The SMILES string of the molecule is Cc1cc(N2CCCC(C)C2)nc(NCCc2cccc(Cl)c2)n1. The van der Waals surface area contributed by atoms with Crippen LogP contribution in [0.1, 0.15) is 31.0 Å². The van der Waals surface area contributed by atoms with Crippen LogP contribution in [-0.4, -0.2) is 29.6 Å². The van der Waals surface area contributed by atoms with Crippen molar-refractivity contribution in [3.63, 3.8) is 0 Å². The molecule has 1 aliphatic rings. The average Bonchev–Trinajstić information content (AvgIpc) is 2.54. The van der Waals surface area contributed by atoms with Crippen molar-refractivity contribution in [2.45, 2.75) is 33.1 Å². The molecule has 1 atom stereocenters. The van der Waals surface area contributed by atoms with Crippen LogP contribution >= 0.6 is 11.6 Å². The summed E-state index contributed by atoms with van der Waals surface area (Å²) in [6.07, 6.45) is 3.45. The lowest BCUT2D eigenvalue weighted by Gasteiger charge is -2.32. The van der Waals surface area contributed by atoms with Crippen LogP contribution in [0.3, 0.4) is 0 Å². The monoisotopic (exact) mass is 344 g/mol. The van der Waals surface area contributed by atoms with Crippen LogP contribution in [0, 0.1) is 12.8 Å². The second-order valence-corrected chi connectivity index (χ2v) is 7.13. The molecule has 0 radical (unpaired) electrons. The topological polar surface area (TPSA) is 41.1 Å². The Labute approximate surface area is 149 Å². The standard InChI is InChI=1S/C19H25ClN4/c1-14-5-4-10-24(13-14)18-11-15(2)22-19(23-18)21-9-8-16-6-3-7-17(20)12-16/h3,6-7,11-12,14H,4-5,8-10,13H2,1-2H3,(H,21,22,23). The fourth-order valence-corrected chi connectivity index (χ4v) is 3.41. The van der Waals surface area contributed by atoms with E-state index >= 15 is 0 Å². The summed E-state index contributed by atoms with van der Waals surface area (Å²) in [7, 11) is 0. The van der Waals surface area contributed by atoms with Gasteiger partial charge in [0.2, 0.25) is 5.95 Å². The van der Waals surface area contributed by atoms with Crippen molar-refractivity contribution in [3.8, 4) is 0 Å². The van der Waals surface area contributed by atoms with Crippen LogP contribution in [0.25, 0.3) is 0 Å². The van der Waals surface area contributed by atoms with Gasteiger partial charge in [0.15, 0.2) is 0 Å². The molecule has 2 aromatic rings. The number of rotatable bonds is 5. The Bertz CT molecular complexity index is 689. The second-order valence-electron chi connectivity index (χ2n) is 6.69.